The molecule has 0 fully saturated rings. The Kier molecular flexibility index (Phi) is 3.46. The molecule has 1 N–H and O–H groups in total. The second-order valence-corrected chi connectivity index (χ2v) is 4.91. The molecule has 0 spiro atoms. The van der Waals surface area contributed by atoms with Gasteiger partial charge < -0.3 is 14.6 Å². The molecule has 19 heavy (non-hydrogen) atoms. The van der Waals surface area contributed by atoms with Crippen LogP contribution in [0, 0.1) is 0 Å². The first-order chi connectivity index (χ1) is 8.93. The number of Topliss-reactive ketones (excluding diaryl/α,β-unsaturated/α-hetero) is 1. The van der Waals surface area contributed by atoms with Crippen molar-refractivity contribution in [2.75, 3.05) is 7.11 Å². The zero-order chi connectivity index (χ0) is 14.0. The highest BCUT2D eigenvalue weighted by Gasteiger charge is 2.36. The molecule has 2 rings (SSSR count). The molecule has 0 unspecified atom stereocenters. The molecule has 0 saturated carbocycles. The number of ketones is 1. The van der Waals surface area contributed by atoms with E-state index in [0.29, 0.717) is 17.7 Å². The standard InChI is InChI=1S/C14H16O5/c1-14(6-5-13(17)18-2)8-11(16)10-4-3-9(15)7-12(10)19-14/h3-4,7,15H,5-6,8H2,1-2H3/t14-/m0/s1. The van der Waals surface area contributed by atoms with Crippen molar-refractivity contribution in [3.8, 4) is 11.5 Å². The minimum absolute atomic E-state index is 0.0452. The van der Waals surface area contributed by atoms with E-state index in [0.717, 1.165) is 0 Å². The molecule has 1 heterocycles. The SMILES string of the molecule is COC(=O)CC[C@@]1(C)CC(=O)c2ccc(O)cc2O1. The Morgan fingerprint density at radius 2 is 2.26 bits per heavy atom. The average Bonchev–Trinajstić information content (AvgIpc) is 2.35. The highest BCUT2D eigenvalue weighted by Crippen LogP contribution is 2.37. The maximum atomic E-state index is 12.0. The summed E-state index contributed by atoms with van der Waals surface area (Å²) in [6, 6.07) is 4.42. The fraction of sp³-hybridized carbons (Fsp3) is 0.429. The van der Waals surface area contributed by atoms with E-state index in [1.807, 2.05) is 0 Å². The first-order valence-electron chi connectivity index (χ1n) is 6.05. The van der Waals surface area contributed by atoms with E-state index >= 15 is 0 Å². The van der Waals surface area contributed by atoms with Crippen LogP contribution >= 0.6 is 0 Å². The molecule has 5 heteroatoms. The largest absolute Gasteiger partial charge is 0.508 e. The number of fused-ring (bicyclic) bond motifs is 1. The van der Waals surface area contributed by atoms with Crippen molar-refractivity contribution >= 4 is 11.8 Å². The van der Waals surface area contributed by atoms with Crippen LogP contribution in [-0.4, -0.2) is 29.6 Å². The van der Waals surface area contributed by atoms with Crippen LogP contribution in [0.2, 0.25) is 0 Å². The number of ether oxygens (including phenoxy) is 2. The van der Waals surface area contributed by atoms with E-state index in [-0.39, 0.29) is 30.3 Å². The molecule has 0 aliphatic carbocycles. The Balaban J connectivity index is 2.19. The van der Waals surface area contributed by atoms with Crippen LogP contribution in [0.4, 0.5) is 0 Å². The summed E-state index contributed by atoms with van der Waals surface area (Å²) in [7, 11) is 1.32. The molecule has 5 nitrogen and oxygen atoms in total. The van der Waals surface area contributed by atoms with E-state index in [9.17, 15) is 14.7 Å². The molecular weight excluding hydrogens is 248 g/mol. The lowest BCUT2D eigenvalue weighted by molar-refractivity contribution is -0.141. The Morgan fingerprint density at radius 1 is 1.53 bits per heavy atom. The van der Waals surface area contributed by atoms with Gasteiger partial charge in [0, 0.05) is 12.5 Å². The van der Waals surface area contributed by atoms with E-state index in [4.69, 9.17) is 4.74 Å². The van der Waals surface area contributed by atoms with E-state index < -0.39 is 5.60 Å². The number of carbonyl (C=O) groups excluding carboxylic acids is 2. The molecule has 1 aliphatic heterocycles. The van der Waals surface area contributed by atoms with Gasteiger partial charge in [-0.3, -0.25) is 9.59 Å². The summed E-state index contributed by atoms with van der Waals surface area (Å²) >= 11 is 0. The first kappa shape index (κ1) is 13.4. The third-order valence-electron chi connectivity index (χ3n) is 3.24. The van der Waals surface area contributed by atoms with Gasteiger partial charge in [-0.25, -0.2) is 0 Å². The number of esters is 1. The number of methoxy groups -OCH3 is 1. The lowest BCUT2D eigenvalue weighted by Crippen LogP contribution is -2.39. The highest BCUT2D eigenvalue weighted by atomic mass is 16.5. The smallest absolute Gasteiger partial charge is 0.305 e. The van der Waals surface area contributed by atoms with Crippen molar-refractivity contribution in [2.24, 2.45) is 0 Å². The Labute approximate surface area is 111 Å². The van der Waals surface area contributed by atoms with E-state index in [1.165, 1.54) is 19.2 Å². The molecule has 0 aromatic heterocycles. The Morgan fingerprint density at radius 3 is 2.95 bits per heavy atom. The third-order valence-corrected chi connectivity index (χ3v) is 3.24. The van der Waals surface area contributed by atoms with Gasteiger partial charge in [-0.1, -0.05) is 0 Å². The van der Waals surface area contributed by atoms with Crippen LogP contribution in [-0.2, 0) is 9.53 Å². The van der Waals surface area contributed by atoms with Crippen molar-refractivity contribution in [3.05, 3.63) is 23.8 Å². The van der Waals surface area contributed by atoms with Gasteiger partial charge in [-0.15, -0.1) is 0 Å². The van der Waals surface area contributed by atoms with Crippen molar-refractivity contribution in [3.63, 3.8) is 0 Å². The molecule has 0 amide bonds. The normalized spacial score (nSPS) is 21.5. The minimum Gasteiger partial charge on any atom is -0.508 e. The lowest BCUT2D eigenvalue weighted by atomic mass is 9.88. The Bertz CT molecular complexity index is 523. The topological polar surface area (TPSA) is 72.8 Å². The molecule has 0 saturated heterocycles. The second kappa shape index (κ2) is 4.91. The number of carbonyl (C=O) groups is 2. The zero-order valence-electron chi connectivity index (χ0n) is 10.9. The molecule has 0 radical (unpaired) electrons. The van der Waals surface area contributed by atoms with Crippen molar-refractivity contribution in [2.45, 2.75) is 31.8 Å². The second-order valence-electron chi connectivity index (χ2n) is 4.91. The molecular formula is C14H16O5. The van der Waals surface area contributed by atoms with Gasteiger partial charge in [0.05, 0.1) is 19.1 Å². The van der Waals surface area contributed by atoms with Gasteiger partial charge >= 0.3 is 5.97 Å². The first-order valence-corrected chi connectivity index (χ1v) is 6.05. The van der Waals surface area contributed by atoms with Crippen LogP contribution < -0.4 is 4.74 Å². The summed E-state index contributed by atoms with van der Waals surface area (Å²) in [4.78, 5) is 23.2. The predicted molar refractivity (Wildman–Crippen MR) is 67.3 cm³/mol. The maximum absolute atomic E-state index is 12.0. The maximum Gasteiger partial charge on any atom is 0.305 e. The van der Waals surface area contributed by atoms with Gasteiger partial charge in [0.25, 0.3) is 0 Å². The number of benzene rings is 1. The summed E-state index contributed by atoms with van der Waals surface area (Å²) in [6.07, 6.45) is 0.788. The molecule has 102 valence electrons. The number of hydrogen-bond acceptors (Lipinski definition) is 5. The quantitative estimate of drug-likeness (QED) is 0.846. The zero-order valence-corrected chi connectivity index (χ0v) is 10.9. The molecule has 0 bridgehead atoms. The highest BCUT2D eigenvalue weighted by molar-refractivity contribution is 6.00. The summed E-state index contributed by atoms with van der Waals surface area (Å²) < 4.78 is 10.4. The monoisotopic (exact) mass is 264 g/mol. The number of phenolic OH excluding ortho intramolecular Hbond substituents is 1. The van der Waals surface area contributed by atoms with Gasteiger partial charge in [-0.2, -0.15) is 0 Å². The van der Waals surface area contributed by atoms with Crippen LogP contribution in [0.15, 0.2) is 18.2 Å². The van der Waals surface area contributed by atoms with Gasteiger partial charge in [-0.05, 0) is 25.5 Å². The van der Waals surface area contributed by atoms with Crippen molar-refractivity contribution in [1.82, 2.24) is 0 Å². The number of phenols is 1. The fourth-order valence-electron chi connectivity index (χ4n) is 2.17. The van der Waals surface area contributed by atoms with Crippen LogP contribution in [0.1, 0.15) is 36.5 Å². The van der Waals surface area contributed by atoms with Gasteiger partial charge in [0.2, 0.25) is 0 Å². The number of aromatic hydroxyl groups is 1. The Hall–Kier alpha value is -2.04. The fourth-order valence-corrected chi connectivity index (χ4v) is 2.17. The summed E-state index contributed by atoms with van der Waals surface area (Å²) in [5.74, 6) is 0.0278. The van der Waals surface area contributed by atoms with Gasteiger partial charge in [0.1, 0.15) is 17.1 Å². The number of hydrogen-bond donors (Lipinski definition) is 1. The third kappa shape index (κ3) is 2.86. The minimum atomic E-state index is -0.744. The van der Waals surface area contributed by atoms with Gasteiger partial charge in [0.15, 0.2) is 5.78 Å². The number of rotatable bonds is 3. The van der Waals surface area contributed by atoms with Crippen molar-refractivity contribution < 1.29 is 24.2 Å². The molecule has 1 atom stereocenters. The molecule has 1 aliphatic rings. The van der Waals surface area contributed by atoms with E-state index in [1.54, 1.807) is 13.0 Å². The lowest BCUT2D eigenvalue weighted by Gasteiger charge is -2.34. The predicted octanol–water partition coefficient (Wildman–Crippen LogP) is 2.07. The van der Waals surface area contributed by atoms with Crippen LogP contribution in [0.3, 0.4) is 0 Å². The average molecular weight is 264 g/mol. The van der Waals surface area contributed by atoms with Crippen LogP contribution in [0.5, 0.6) is 11.5 Å². The molecule has 1 aromatic carbocycles. The summed E-state index contributed by atoms with van der Waals surface area (Å²) in [6.45, 7) is 1.78. The van der Waals surface area contributed by atoms with Crippen molar-refractivity contribution in [1.29, 1.82) is 0 Å². The van der Waals surface area contributed by atoms with Crippen LogP contribution in [0.25, 0.3) is 0 Å². The summed E-state index contributed by atoms with van der Waals surface area (Å²) in [5, 5.41) is 9.44. The molecule has 1 aromatic rings. The summed E-state index contributed by atoms with van der Waals surface area (Å²) in [5.41, 5.74) is -0.278. The van der Waals surface area contributed by atoms with E-state index in [2.05, 4.69) is 4.74 Å².